The number of carbonyl (C=O) groups excluding carboxylic acids is 1. The molecule has 0 spiro atoms. The molecule has 0 unspecified atom stereocenters. The van der Waals surface area contributed by atoms with Crippen LogP contribution in [-0.2, 0) is 10.9 Å². The van der Waals surface area contributed by atoms with Gasteiger partial charge in [-0.1, -0.05) is 0 Å². The standard InChI is InChI=1S/C19H19BrClF4N3O3/c1-8-11(5-6-28(8)17(29)31-18(2,3)4)30-15-9-7-10(19(23,24)25)12(20)13(22)14(9)26-16(21)27-15/h7-8,11H,5-6H2,1-4H3/t8-,11-/m1/s1. The number of amides is 1. The lowest BCUT2D eigenvalue weighted by Gasteiger charge is -2.28. The molecule has 1 saturated heterocycles. The molecule has 31 heavy (non-hydrogen) atoms. The zero-order valence-corrected chi connectivity index (χ0v) is 19.3. The average molecular weight is 529 g/mol. The van der Waals surface area contributed by atoms with Crippen LogP contribution in [0.4, 0.5) is 22.4 Å². The average Bonchev–Trinajstić information content (AvgIpc) is 2.96. The van der Waals surface area contributed by atoms with Crippen molar-refractivity contribution in [3.8, 4) is 5.88 Å². The van der Waals surface area contributed by atoms with Gasteiger partial charge in [-0.05, 0) is 61.3 Å². The fraction of sp³-hybridized carbons (Fsp3) is 0.526. The number of carbonyl (C=O) groups is 1. The Morgan fingerprint density at radius 1 is 1.29 bits per heavy atom. The maximum Gasteiger partial charge on any atom is 0.417 e. The molecular weight excluding hydrogens is 510 g/mol. The smallest absolute Gasteiger partial charge is 0.417 e. The summed E-state index contributed by atoms with van der Waals surface area (Å²) >= 11 is 8.49. The Hall–Kier alpha value is -1.88. The highest BCUT2D eigenvalue weighted by Gasteiger charge is 2.39. The van der Waals surface area contributed by atoms with Crippen molar-refractivity contribution < 1.29 is 31.8 Å². The number of halogens is 6. The van der Waals surface area contributed by atoms with Gasteiger partial charge < -0.3 is 14.4 Å². The quantitative estimate of drug-likeness (QED) is 0.354. The van der Waals surface area contributed by atoms with E-state index in [0.717, 1.165) is 0 Å². The highest BCUT2D eigenvalue weighted by atomic mass is 79.9. The number of benzene rings is 1. The number of nitrogens with zero attached hydrogens (tertiary/aromatic N) is 3. The van der Waals surface area contributed by atoms with Crippen LogP contribution in [0.3, 0.4) is 0 Å². The van der Waals surface area contributed by atoms with Gasteiger partial charge in [-0.15, -0.1) is 0 Å². The molecule has 0 saturated carbocycles. The Kier molecular flexibility index (Phi) is 6.31. The van der Waals surface area contributed by atoms with Crippen molar-refractivity contribution >= 4 is 44.5 Å². The van der Waals surface area contributed by atoms with Crippen LogP contribution >= 0.6 is 27.5 Å². The third kappa shape index (κ3) is 4.97. The van der Waals surface area contributed by atoms with Crippen molar-refractivity contribution in [2.75, 3.05) is 6.54 Å². The Balaban J connectivity index is 1.97. The minimum Gasteiger partial charge on any atom is -0.472 e. The molecule has 170 valence electrons. The molecule has 12 heteroatoms. The van der Waals surface area contributed by atoms with Crippen molar-refractivity contribution in [1.29, 1.82) is 0 Å². The van der Waals surface area contributed by atoms with Crippen molar-refractivity contribution in [2.45, 2.75) is 58.0 Å². The summed E-state index contributed by atoms with van der Waals surface area (Å²) in [6.07, 6.45) is -5.61. The van der Waals surface area contributed by atoms with Gasteiger partial charge in [0.2, 0.25) is 11.2 Å². The first-order valence-electron chi connectivity index (χ1n) is 9.27. The Morgan fingerprint density at radius 3 is 2.52 bits per heavy atom. The first kappa shape index (κ1) is 23.8. The lowest BCUT2D eigenvalue weighted by molar-refractivity contribution is -0.138. The van der Waals surface area contributed by atoms with Crippen molar-refractivity contribution in [3.05, 3.63) is 27.2 Å². The van der Waals surface area contributed by atoms with E-state index in [9.17, 15) is 22.4 Å². The van der Waals surface area contributed by atoms with Crippen LogP contribution < -0.4 is 4.74 Å². The molecule has 0 N–H and O–H groups in total. The zero-order valence-electron chi connectivity index (χ0n) is 17.0. The molecule has 6 nitrogen and oxygen atoms in total. The monoisotopic (exact) mass is 527 g/mol. The maximum atomic E-state index is 14.6. The predicted molar refractivity (Wildman–Crippen MR) is 109 cm³/mol. The number of aromatic nitrogens is 2. The molecule has 2 heterocycles. The van der Waals surface area contributed by atoms with Crippen molar-refractivity contribution in [2.24, 2.45) is 0 Å². The highest BCUT2D eigenvalue weighted by molar-refractivity contribution is 9.10. The van der Waals surface area contributed by atoms with Gasteiger partial charge >= 0.3 is 12.3 Å². The fourth-order valence-electron chi connectivity index (χ4n) is 3.24. The Labute approximate surface area is 189 Å². The molecule has 3 rings (SSSR count). The van der Waals surface area contributed by atoms with Crippen LogP contribution in [0.25, 0.3) is 10.9 Å². The summed E-state index contributed by atoms with van der Waals surface area (Å²) in [6, 6.07) is 0.236. The van der Waals surface area contributed by atoms with Gasteiger partial charge in [-0.3, -0.25) is 0 Å². The molecule has 1 amide bonds. The first-order valence-corrected chi connectivity index (χ1v) is 10.4. The second-order valence-electron chi connectivity index (χ2n) is 8.10. The second-order valence-corrected chi connectivity index (χ2v) is 9.23. The number of fused-ring (bicyclic) bond motifs is 1. The van der Waals surface area contributed by atoms with E-state index < -0.39 is 51.4 Å². The van der Waals surface area contributed by atoms with E-state index in [1.807, 2.05) is 0 Å². The van der Waals surface area contributed by atoms with Crippen LogP contribution in [0.5, 0.6) is 5.88 Å². The third-order valence-corrected chi connectivity index (χ3v) is 5.63. The normalized spacial score (nSPS) is 19.7. The molecule has 0 bridgehead atoms. The number of hydrogen-bond donors (Lipinski definition) is 0. The number of likely N-dealkylation sites (tertiary alicyclic amines) is 1. The molecule has 2 atom stereocenters. The lowest BCUT2D eigenvalue weighted by atomic mass is 10.1. The fourth-order valence-corrected chi connectivity index (χ4v) is 3.93. The van der Waals surface area contributed by atoms with Crippen LogP contribution in [0.1, 0.15) is 39.7 Å². The molecule has 1 fully saturated rings. The van der Waals surface area contributed by atoms with Crippen LogP contribution in [0, 0.1) is 5.82 Å². The number of alkyl halides is 3. The van der Waals surface area contributed by atoms with E-state index in [0.29, 0.717) is 19.0 Å². The summed E-state index contributed by atoms with van der Waals surface area (Å²) in [4.78, 5) is 21.4. The molecular formula is C19H19BrClF4N3O3. The predicted octanol–water partition coefficient (Wildman–Crippen LogP) is 5.98. The summed E-state index contributed by atoms with van der Waals surface area (Å²) in [6.45, 7) is 7.23. The van der Waals surface area contributed by atoms with E-state index in [4.69, 9.17) is 21.1 Å². The SMILES string of the molecule is C[C@@H]1[C@H](Oc2nc(Cl)nc3c(F)c(Br)c(C(F)(F)F)cc23)CCN1C(=O)OC(C)(C)C. The molecule has 0 aliphatic carbocycles. The zero-order chi connectivity index (χ0) is 23.3. The number of ether oxygens (including phenoxy) is 2. The second kappa shape index (κ2) is 8.23. The molecule has 1 aromatic carbocycles. The largest absolute Gasteiger partial charge is 0.472 e. The third-order valence-electron chi connectivity index (χ3n) is 4.69. The van der Waals surface area contributed by atoms with E-state index >= 15 is 0 Å². The minimum absolute atomic E-state index is 0.277. The topological polar surface area (TPSA) is 64.6 Å². The van der Waals surface area contributed by atoms with Gasteiger partial charge in [0, 0.05) is 13.0 Å². The molecule has 2 aromatic rings. The van der Waals surface area contributed by atoms with E-state index in [2.05, 4.69) is 25.9 Å². The molecule has 0 radical (unpaired) electrons. The van der Waals surface area contributed by atoms with Crippen molar-refractivity contribution in [3.63, 3.8) is 0 Å². The van der Waals surface area contributed by atoms with Crippen molar-refractivity contribution in [1.82, 2.24) is 14.9 Å². The van der Waals surface area contributed by atoms with Gasteiger partial charge in [0.25, 0.3) is 0 Å². The highest BCUT2D eigenvalue weighted by Crippen LogP contribution is 2.41. The summed E-state index contributed by atoms with van der Waals surface area (Å²) in [5.41, 5.74) is -2.34. The molecule has 1 aliphatic rings. The lowest BCUT2D eigenvalue weighted by Crippen LogP contribution is -2.42. The number of hydrogen-bond acceptors (Lipinski definition) is 5. The van der Waals surface area contributed by atoms with Crippen LogP contribution in [0.15, 0.2) is 10.5 Å². The summed E-state index contributed by atoms with van der Waals surface area (Å²) in [7, 11) is 0. The minimum atomic E-state index is -4.82. The summed E-state index contributed by atoms with van der Waals surface area (Å²) < 4.78 is 65.1. The summed E-state index contributed by atoms with van der Waals surface area (Å²) in [5.74, 6) is -1.52. The Bertz CT molecular complexity index is 1030. The van der Waals surface area contributed by atoms with Gasteiger partial charge in [-0.2, -0.15) is 18.2 Å². The van der Waals surface area contributed by atoms with Crippen LogP contribution in [-0.4, -0.2) is 45.3 Å². The molecule has 1 aromatic heterocycles. The first-order chi connectivity index (χ1) is 14.2. The molecule has 1 aliphatic heterocycles. The van der Waals surface area contributed by atoms with Gasteiger partial charge in [0.1, 0.15) is 17.2 Å². The van der Waals surface area contributed by atoms with E-state index in [1.54, 1.807) is 27.7 Å². The maximum absolute atomic E-state index is 14.6. The van der Waals surface area contributed by atoms with E-state index in [1.165, 1.54) is 4.90 Å². The van der Waals surface area contributed by atoms with Crippen LogP contribution in [0.2, 0.25) is 5.28 Å². The summed E-state index contributed by atoms with van der Waals surface area (Å²) in [5, 5.41) is -0.664. The number of rotatable bonds is 2. The van der Waals surface area contributed by atoms with Gasteiger partial charge in [0.15, 0.2) is 5.82 Å². The Morgan fingerprint density at radius 2 is 1.94 bits per heavy atom. The van der Waals surface area contributed by atoms with Gasteiger partial charge in [0.05, 0.1) is 21.5 Å². The van der Waals surface area contributed by atoms with E-state index in [-0.39, 0.29) is 16.5 Å². The van der Waals surface area contributed by atoms with Gasteiger partial charge in [-0.25, -0.2) is 14.2 Å².